The Morgan fingerprint density at radius 1 is 0.783 bits per heavy atom. The van der Waals surface area contributed by atoms with Crippen LogP contribution in [0.5, 0.6) is 0 Å². The molecule has 1 saturated heterocycles. The molecule has 1 aromatic rings. The highest BCUT2D eigenvalue weighted by Crippen LogP contribution is 2.31. The fourth-order valence-electron chi connectivity index (χ4n) is 3.49. The van der Waals surface area contributed by atoms with Crippen LogP contribution < -0.4 is 0 Å². The minimum Gasteiger partial charge on any atom is -0.302 e. The fraction of sp³-hybridized carbons (Fsp3) is 0.667. The summed E-state index contributed by atoms with van der Waals surface area (Å²) in [6, 6.07) is 0. The van der Waals surface area contributed by atoms with Crippen molar-refractivity contribution in [2.24, 2.45) is 0 Å². The summed E-state index contributed by atoms with van der Waals surface area (Å²) >= 11 is 0. The minimum absolute atomic E-state index is 0.531. The fourth-order valence-corrected chi connectivity index (χ4v) is 5.52. The van der Waals surface area contributed by atoms with Gasteiger partial charge in [0.25, 0.3) is 0 Å². The van der Waals surface area contributed by atoms with Crippen molar-refractivity contribution in [3.63, 3.8) is 0 Å². The summed E-state index contributed by atoms with van der Waals surface area (Å²) in [5.74, 6) is 0. The first-order valence-corrected chi connectivity index (χ1v) is 9.95. The van der Waals surface area contributed by atoms with E-state index in [1.54, 1.807) is 4.31 Å². The molecule has 1 fully saturated rings. The number of sulfonamides is 1. The Kier molecular flexibility index (Phi) is 5.54. The normalized spacial score (nSPS) is 18.2. The summed E-state index contributed by atoms with van der Waals surface area (Å²) in [5.41, 5.74) is 5.20. The average molecular weight is 339 g/mol. The van der Waals surface area contributed by atoms with Crippen LogP contribution in [0.25, 0.3) is 0 Å². The van der Waals surface area contributed by atoms with Crippen molar-refractivity contribution < 1.29 is 8.42 Å². The average Bonchev–Trinajstić information content (AvgIpc) is 2.77. The van der Waals surface area contributed by atoms with Crippen LogP contribution in [0.15, 0.2) is 4.90 Å². The lowest BCUT2D eigenvalue weighted by molar-refractivity contribution is 0.302. The predicted molar refractivity (Wildman–Crippen MR) is 95.6 cm³/mol. The topological polar surface area (TPSA) is 40.6 Å². The Morgan fingerprint density at radius 3 is 1.83 bits per heavy atom. The van der Waals surface area contributed by atoms with E-state index in [-0.39, 0.29) is 0 Å². The Hall–Kier alpha value is -0.910. The van der Waals surface area contributed by atoms with Crippen LogP contribution in [0.3, 0.4) is 0 Å². The van der Waals surface area contributed by atoms with Crippen molar-refractivity contribution in [2.75, 3.05) is 32.7 Å². The molecule has 0 bridgehead atoms. The Labute approximate surface area is 141 Å². The van der Waals surface area contributed by atoms with Crippen LogP contribution in [0.2, 0.25) is 0 Å². The molecule has 1 aliphatic heterocycles. The molecule has 2 rings (SSSR count). The van der Waals surface area contributed by atoms with Gasteiger partial charge in [0.1, 0.15) is 0 Å². The first kappa shape index (κ1) is 18.4. The van der Waals surface area contributed by atoms with Gasteiger partial charge < -0.3 is 4.90 Å². The van der Waals surface area contributed by atoms with Crippen LogP contribution in [-0.4, -0.2) is 50.3 Å². The summed E-state index contributed by atoms with van der Waals surface area (Å²) in [7, 11) is -3.43. The van der Waals surface area contributed by atoms with E-state index in [9.17, 15) is 8.42 Å². The summed E-state index contributed by atoms with van der Waals surface area (Å²) in [4.78, 5) is 2.85. The third kappa shape index (κ3) is 3.32. The number of benzene rings is 1. The van der Waals surface area contributed by atoms with E-state index in [4.69, 9.17) is 0 Å². The quantitative estimate of drug-likeness (QED) is 0.851. The molecule has 1 aliphatic rings. The van der Waals surface area contributed by atoms with Gasteiger partial charge in [-0.3, -0.25) is 0 Å². The van der Waals surface area contributed by atoms with E-state index in [1.807, 2.05) is 27.7 Å². The smallest absolute Gasteiger partial charge is 0.243 e. The van der Waals surface area contributed by atoms with E-state index >= 15 is 0 Å². The van der Waals surface area contributed by atoms with Gasteiger partial charge in [-0.1, -0.05) is 6.92 Å². The molecule has 130 valence electrons. The summed E-state index contributed by atoms with van der Waals surface area (Å²) in [6.07, 6.45) is 0.898. The van der Waals surface area contributed by atoms with Crippen molar-refractivity contribution in [1.29, 1.82) is 0 Å². The van der Waals surface area contributed by atoms with Crippen LogP contribution in [0, 0.1) is 34.6 Å². The highest BCUT2D eigenvalue weighted by atomic mass is 32.2. The van der Waals surface area contributed by atoms with Crippen LogP contribution in [0.4, 0.5) is 0 Å². The molecule has 0 amide bonds. The maximum atomic E-state index is 13.3. The van der Waals surface area contributed by atoms with Gasteiger partial charge in [0.05, 0.1) is 4.90 Å². The van der Waals surface area contributed by atoms with Crippen LogP contribution in [-0.2, 0) is 10.0 Å². The van der Waals surface area contributed by atoms with Crippen molar-refractivity contribution in [1.82, 2.24) is 9.21 Å². The van der Waals surface area contributed by atoms with Crippen molar-refractivity contribution >= 4 is 10.0 Å². The molecule has 0 saturated carbocycles. The second-order valence-electron chi connectivity index (χ2n) is 6.65. The van der Waals surface area contributed by atoms with Gasteiger partial charge >= 0.3 is 0 Å². The molecule has 0 aliphatic carbocycles. The van der Waals surface area contributed by atoms with Crippen molar-refractivity contribution in [3.05, 3.63) is 27.8 Å². The molecule has 1 aromatic carbocycles. The molecule has 4 nitrogen and oxygen atoms in total. The van der Waals surface area contributed by atoms with E-state index < -0.39 is 10.0 Å². The van der Waals surface area contributed by atoms with Gasteiger partial charge in [-0.15, -0.1) is 0 Å². The van der Waals surface area contributed by atoms with Crippen molar-refractivity contribution in [3.8, 4) is 0 Å². The third-order valence-corrected chi connectivity index (χ3v) is 7.70. The number of rotatable bonds is 3. The molecule has 0 unspecified atom stereocenters. The second-order valence-corrected chi connectivity index (χ2v) is 8.52. The van der Waals surface area contributed by atoms with Gasteiger partial charge in [0.2, 0.25) is 10.0 Å². The molecule has 5 heteroatoms. The van der Waals surface area contributed by atoms with Gasteiger partial charge in [-0.05, 0) is 81.9 Å². The first-order chi connectivity index (χ1) is 10.7. The zero-order chi connectivity index (χ0) is 17.4. The van der Waals surface area contributed by atoms with Gasteiger partial charge in [-0.25, -0.2) is 8.42 Å². The number of hydrogen-bond donors (Lipinski definition) is 0. The van der Waals surface area contributed by atoms with E-state index in [1.165, 1.54) is 5.56 Å². The van der Waals surface area contributed by atoms with E-state index in [2.05, 4.69) is 18.7 Å². The predicted octanol–water partition coefficient (Wildman–Crippen LogP) is 2.95. The zero-order valence-electron chi connectivity index (χ0n) is 15.4. The Balaban J connectivity index is 2.48. The number of nitrogens with zero attached hydrogens (tertiary/aromatic N) is 2. The van der Waals surface area contributed by atoms with Gasteiger partial charge in [-0.2, -0.15) is 4.31 Å². The molecule has 0 atom stereocenters. The van der Waals surface area contributed by atoms with Crippen molar-refractivity contribution in [2.45, 2.75) is 52.9 Å². The molecule has 0 N–H and O–H groups in total. The molecule has 0 spiro atoms. The zero-order valence-corrected chi connectivity index (χ0v) is 16.2. The Morgan fingerprint density at radius 2 is 1.30 bits per heavy atom. The first-order valence-electron chi connectivity index (χ1n) is 8.51. The Bertz CT molecular complexity index is 666. The largest absolute Gasteiger partial charge is 0.302 e. The highest BCUT2D eigenvalue weighted by Gasteiger charge is 2.30. The highest BCUT2D eigenvalue weighted by molar-refractivity contribution is 7.89. The second kappa shape index (κ2) is 6.91. The third-order valence-electron chi connectivity index (χ3n) is 5.52. The van der Waals surface area contributed by atoms with Gasteiger partial charge in [0, 0.05) is 19.6 Å². The molecule has 0 aromatic heterocycles. The van der Waals surface area contributed by atoms with E-state index in [0.717, 1.165) is 48.3 Å². The lowest BCUT2D eigenvalue weighted by Crippen LogP contribution is -2.36. The standard InChI is InChI=1S/C18H30N2O2S/c1-7-19-9-8-10-20(12-11-19)23(21,22)18-16(5)14(3)13(2)15(4)17(18)6/h7-12H2,1-6H3. The molecule has 0 radical (unpaired) electrons. The molecular formula is C18H30N2O2S. The molecule has 23 heavy (non-hydrogen) atoms. The minimum atomic E-state index is -3.43. The SMILES string of the molecule is CCN1CCCN(S(=O)(=O)c2c(C)c(C)c(C)c(C)c2C)CC1. The van der Waals surface area contributed by atoms with Crippen LogP contribution in [0.1, 0.15) is 41.2 Å². The maximum Gasteiger partial charge on any atom is 0.243 e. The summed E-state index contributed by atoms with van der Waals surface area (Å²) < 4.78 is 28.3. The maximum absolute atomic E-state index is 13.3. The monoisotopic (exact) mass is 338 g/mol. The lowest BCUT2D eigenvalue weighted by atomic mass is 9.95. The number of hydrogen-bond acceptors (Lipinski definition) is 3. The van der Waals surface area contributed by atoms with Gasteiger partial charge in [0.15, 0.2) is 0 Å². The van der Waals surface area contributed by atoms with Crippen LogP contribution >= 0.6 is 0 Å². The lowest BCUT2D eigenvalue weighted by Gasteiger charge is -2.25. The molecular weight excluding hydrogens is 308 g/mol. The summed E-state index contributed by atoms with van der Waals surface area (Å²) in [6.45, 7) is 16.1. The molecule has 1 heterocycles. The number of likely N-dealkylation sites (N-methyl/N-ethyl adjacent to an activating group) is 1. The summed E-state index contributed by atoms with van der Waals surface area (Å²) in [5, 5.41) is 0. The van der Waals surface area contributed by atoms with E-state index in [0.29, 0.717) is 18.0 Å².